The van der Waals surface area contributed by atoms with Crippen LogP contribution >= 0.6 is 0 Å². The predicted octanol–water partition coefficient (Wildman–Crippen LogP) is 4.45. The van der Waals surface area contributed by atoms with Crippen molar-refractivity contribution in [1.29, 1.82) is 0 Å². The lowest BCUT2D eigenvalue weighted by Crippen LogP contribution is -2.14. The minimum atomic E-state index is -0.232. The second kappa shape index (κ2) is 6.58. The molecule has 0 bridgehead atoms. The van der Waals surface area contributed by atoms with Crippen LogP contribution in [0.1, 0.15) is 18.0 Å². The zero-order chi connectivity index (χ0) is 15.4. The topological polar surface area (TPSA) is 35.2 Å². The Kier molecular flexibility index (Phi) is 4.35. The summed E-state index contributed by atoms with van der Waals surface area (Å²) in [5.74, 6) is 0.459. The minimum Gasteiger partial charge on any atom is -0.493 e. The molecule has 3 rings (SSSR count). The van der Waals surface area contributed by atoms with E-state index in [-0.39, 0.29) is 11.9 Å². The van der Waals surface area contributed by atoms with Crippen LogP contribution in [0.3, 0.4) is 0 Å². The highest BCUT2D eigenvalue weighted by Gasteiger charge is 2.08. The van der Waals surface area contributed by atoms with Crippen molar-refractivity contribution in [3.63, 3.8) is 0 Å². The molecule has 0 heterocycles. The largest absolute Gasteiger partial charge is 0.493 e. The molecule has 0 amide bonds. The zero-order valence-corrected chi connectivity index (χ0v) is 12.2. The molecule has 3 heteroatoms. The molecule has 0 fully saturated rings. The highest BCUT2D eigenvalue weighted by Crippen LogP contribution is 2.27. The molecule has 0 saturated carbocycles. The Morgan fingerprint density at radius 3 is 2.41 bits per heavy atom. The van der Waals surface area contributed by atoms with Gasteiger partial charge < -0.3 is 10.5 Å². The molecule has 0 radical (unpaired) electrons. The first-order valence-corrected chi connectivity index (χ1v) is 7.36. The molecule has 0 saturated heterocycles. The third-order valence-corrected chi connectivity index (χ3v) is 3.74. The van der Waals surface area contributed by atoms with Crippen LogP contribution in [0.15, 0.2) is 66.7 Å². The lowest BCUT2D eigenvalue weighted by Gasteiger charge is -2.14. The summed E-state index contributed by atoms with van der Waals surface area (Å²) in [6.45, 7) is 0.492. The van der Waals surface area contributed by atoms with Crippen molar-refractivity contribution in [2.24, 2.45) is 5.73 Å². The van der Waals surface area contributed by atoms with Gasteiger partial charge in [-0.1, -0.05) is 54.6 Å². The summed E-state index contributed by atoms with van der Waals surface area (Å²) in [6.07, 6.45) is 0.704. The second-order valence-electron chi connectivity index (χ2n) is 5.25. The predicted molar refractivity (Wildman–Crippen MR) is 87.4 cm³/mol. The average molecular weight is 295 g/mol. The fraction of sp³-hybridized carbons (Fsp3) is 0.158. The van der Waals surface area contributed by atoms with Crippen molar-refractivity contribution in [2.75, 3.05) is 6.61 Å². The number of fused-ring (bicyclic) bond motifs is 1. The van der Waals surface area contributed by atoms with Crippen molar-refractivity contribution >= 4 is 10.8 Å². The third-order valence-electron chi connectivity index (χ3n) is 3.74. The van der Waals surface area contributed by atoms with Gasteiger partial charge in [0.05, 0.1) is 6.61 Å². The van der Waals surface area contributed by atoms with Gasteiger partial charge in [0.25, 0.3) is 0 Å². The molecule has 22 heavy (non-hydrogen) atoms. The van der Waals surface area contributed by atoms with Gasteiger partial charge in [-0.3, -0.25) is 0 Å². The Morgan fingerprint density at radius 1 is 0.864 bits per heavy atom. The van der Waals surface area contributed by atoms with E-state index in [0.717, 1.165) is 10.9 Å². The van der Waals surface area contributed by atoms with Crippen molar-refractivity contribution in [2.45, 2.75) is 12.5 Å². The summed E-state index contributed by atoms with van der Waals surface area (Å²) in [5, 5.41) is 1.36. The van der Waals surface area contributed by atoms with Crippen LogP contribution in [-0.2, 0) is 0 Å². The van der Waals surface area contributed by atoms with E-state index in [0.29, 0.717) is 24.2 Å². The van der Waals surface area contributed by atoms with Crippen LogP contribution in [0.5, 0.6) is 5.75 Å². The first kappa shape index (κ1) is 14.5. The van der Waals surface area contributed by atoms with Crippen molar-refractivity contribution in [1.82, 2.24) is 0 Å². The summed E-state index contributed by atoms with van der Waals surface area (Å²) in [4.78, 5) is 0. The smallest absolute Gasteiger partial charge is 0.131 e. The number of halogens is 1. The first-order valence-electron chi connectivity index (χ1n) is 7.36. The fourth-order valence-corrected chi connectivity index (χ4v) is 2.53. The van der Waals surface area contributed by atoms with E-state index in [1.807, 2.05) is 42.5 Å². The standard InChI is InChI=1S/C19H18FNO/c20-17-10-4-9-16-15(17)8-5-11-19(16)22-13-12-18(21)14-6-2-1-3-7-14/h1-11,18H,12-13,21H2/t18-/m0/s1. The number of hydrogen-bond donors (Lipinski definition) is 1. The van der Waals surface area contributed by atoms with Gasteiger partial charge in [0, 0.05) is 23.2 Å². The molecule has 0 aliphatic rings. The van der Waals surface area contributed by atoms with Gasteiger partial charge in [0.2, 0.25) is 0 Å². The maximum Gasteiger partial charge on any atom is 0.131 e. The van der Waals surface area contributed by atoms with E-state index < -0.39 is 0 Å². The van der Waals surface area contributed by atoms with Gasteiger partial charge in [-0.15, -0.1) is 0 Å². The molecule has 3 aromatic rings. The van der Waals surface area contributed by atoms with Crippen LogP contribution < -0.4 is 10.5 Å². The number of nitrogens with two attached hydrogens (primary N) is 1. The summed E-state index contributed by atoms with van der Waals surface area (Å²) in [6, 6.07) is 20.3. The van der Waals surface area contributed by atoms with E-state index in [9.17, 15) is 4.39 Å². The quantitative estimate of drug-likeness (QED) is 0.755. The van der Waals surface area contributed by atoms with Crippen molar-refractivity contribution < 1.29 is 9.13 Å². The summed E-state index contributed by atoms with van der Waals surface area (Å²) in [7, 11) is 0. The highest BCUT2D eigenvalue weighted by molar-refractivity contribution is 5.88. The van der Waals surface area contributed by atoms with Gasteiger partial charge in [0.15, 0.2) is 0 Å². The Bertz CT molecular complexity index is 758. The fourth-order valence-electron chi connectivity index (χ4n) is 2.53. The maximum absolute atomic E-state index is 13.8. The van der Waals surface area contributed by atoms with E-state index in [1.165, 1.54) is 6.07 Å². The van der Waals surface area contributed by atoms with Gasteiger partial charge in [-0.05, 0) is 17.7 Å². The molecule has 0 spiro atoms. The minimum absolute atomic E-state index is 0.0621. The molecular formula is C19H18FNO. The molecular weight excluding hydrogens is 277 g/mol. The SMILES string of the molecule is N[C@@H](CCOc1cccc2c(F)cccc12)c1ccccc1. The van der Waals surface area contributed by atoms with E-state index in [1.54, 1.807) is 18.2 Å². The van der Waals surface area contributed by atoms with E-state index >= 15 is 0 Å². The van der Waals surface area contributed by atoms with Gasteiger partial charge in [-0.25, -0.2) is 4.39 Å². The van der Waals surface area contributed by atoms with E-state index in [2.05, 4.69) is 0 Å². The zero-order valence-electron chi connectivity index (χ0n) is 12.2. The summed E-state index contributed by atoms with van der Waals surface area (Å²) in [5.41, 5.74) is 7.25. The van der Waals surface area contributed by atoms with Crippen LogP contribution in [0.2, 0.25) is 0 Å². The first-order chi connectivity index (χ1) is 10.8. The van der Waals surface area contributed by atoms with Crippen molar-refractivity contribution in [3.05, 3.63) is 78.1 Å². The number of benzene rings is 3. The van der Waals surface area contributed by atoms with Crippen LogP contribution in [0.25, 0.3) is 10.8 Å². The lowest BCUT2D eigenvalue weighted by atomic mass is 10.1. The molecule has 112 valence electrons. The monoisotopic (exact) mass is 295 g/mol. The molecule has 1 atom stereocenters. The van der Waals surface area contributed by atoms with Gasteiger partial charge >= 0.3 is 0 Å². The summed E-state index contributed by atoms with van der Waals surface area (Å²) < 4.78 is 19.6. The van der Waals surface area contributed by atoms with Crippen molar-refractivity contribution in [3.8, 4) is 5.75 Å². The molecule has 0 aliphatic heterocycles. The molecule has 0 aliphatic carbocycles. The Morgan fingerprint density at radius 2 is 1.59 bits per heavy atom. The number of rotatable bonds is 5. The van der Waals surface area contributed by atoms with Crippen LogP contribution in [0.4, 0.5) is 4.39 Å². The highest BCUT2D eigenvalue weighted by atomic mass is 19.1. The Hall–Kier alpha value is -2.39. The average Bonchev–Trinajstić information content (AvgIpc) is 2.56. The third kappa shape index (κ3) is 3.10. The molecule has 2 N–H and O–H groups in total. The molecule has 3 aromatic carbocycles. The van der Waals surface area contributed by atoms with Crippen LogP contribution in [-0.4, -0.2) is 6.61 Å². The van der Waals surface area contributed by atoms with Gasteiger partial charge in [0.1, 0.15) is 11.6 Å². The summed E-state index contributed by atoms with van der Waals surface area (Å²) >= 11 is 0. The Labute approximate surface area is 129 Å². The number of hydrogen-bond acceptors (Lipinski definition) is 2. The van der Waals surface area contributed by atoms with E-state index in [4.69, 9.17) is 10.5 Å². The normalized spacial score (nSPS) is 12.3. The molecule has 0 aromatic heterocycles. The second-order valence-corrected chi connectivity index (χ2v) is 5.25. The Balaban J connectivity index is 1.69. The van der Waals surface area contributed by atoms with Gasteiger partial charge in [-0.2, -0.15) is 0 Å². The molecule has 2 nitrogen and oxygen atoms in total. The maximum atomic E-state index is 13.8. The molecule has 0 unspecified atom stereocenters. The number of ether oxygens (including phenoxy) is 1. The van der Waals surface area contributed by atoms with Crippen LogP contribution in [0, 0.1) is 5.82 Å². The lowest BCUT2D eigenvalue weighted by molar-refractivity contribution is 0.302.